The number of thioether (sulfide) groups is 1. The lowest BCUT2D eigenvalue weighted by Crippen LogP contribution is -2.50. The summed E-state index contributed by atoms with van der Waals surface area (Å²) < 4.78 is 10.9. The summed E-state index contributed by atoms with van der Waals surface area (Å²) in [5.41, 5.74) is 0.0517. The van der Waals surface area contributed by atoms with Gasteiger partial charge in [0.25, 0.3) is 0 Å². The van der Waals surface area contributed by atoms with Crippen molar-refractivity contribution < 1.29 is 24.6 Å². The monoisotopic (exact) mass is 309 g/mol. The molecule has 7 heteroatoms. The van der Waals surface area contributed by atoms with Crippen LogP contribution in [0.3, 0.4) is 0 Å². The molecule has 0 spiro atoms. The van der Waals surface area contributed by atoms with Crippen LogP contribution in [0.25, 0.3) is 11.3 Å². The van der Waals surface area contributed by atoms with Crippen LogP contribution in [0, 0.1) is 0 Å². The summed E-state index contributed by atoms with van der Waals surface area (Å²) in [5, 5.41) is 32.9. The number of aromatic nitrogens is 1. The van der Waals surface area contributed by atoms with Crippen LogP contribution in [0.5, 0.6) is 5.75 Å². The van der Waals surface area contributed by atoms with Crippen molar-refractivity contribution in [1.82, 2.24) is 5.16 Å². The van der Waals surface area contributed by atoms with E-state index in [-0.39, 0.29) is 0 Å². The maximum absolute atomic E-state index is 10.00. The summed E-state index contributed by atoms with van der Waals surface area (Å²) in [5.74, 6) is 1.38. The first-order valence-corrected chi connectivity index (χ1v) is 7.54. The van der Waals surface area contributed by atoms with Gasteiger partial charge in [0.05, 0.1) is 17.9 Å². The second-order valence-corrected chi connectivity index (χ2v) is 5.87. The zero-order valence-electron chi connectivity index (χ0n) is 11.0. The fraction of sp³-hybridized carbons (Fsp3) is 0.357. The van der Waals surface area contributed by atoms with Gasteiger partial charge in [-0.1, -0.05) is 17.3 Å². The van der Waals surface area contributed by atoms with Crippen molar-refractivity contribution in [3.63, 3.8) is 0 Å². The predicted molar refractivity (Wildman–Crippen MR) is 76.8 cm³/mol. The highest BCUT2D eigenvalue weighted by Gasteiger charge is 2.38. The molecule has 1 aromatic carbocycles. The van der Waals surface area contributed by atoms with Crippen LogP contribution in [0.1, 0.15) is 0 Å². The Morgan fingerprint density at radius 3 is 2.71 bits per heavy atom. The van der Waals surface area contributed by atoms with E-state index in [1.807, 2.05) is 12.1 Å². The summed E-state index contributed by atoms with van der Waals surface area (Å²) in [4.78, 5) is 0. The number of aliphatic hydroxyl groups excluding tert-OH is 3. The number of aliphatic hydroxyl groups is 3. The van der Waals surface area contributed by atoms with Crippen molar-refractivity contribution in [2.75, 3.05) is 5.75 Å². The molecule has 0 radical (unpaired) electrons. The average molecular weight is 309 g/mol. The van der Waals surface area contributed by atoms with E-state index in [9.17, 15) is 15.3 Å². The second-order valence-electron chi connectivity index (χ2n) is 4.74. The van der Waals surface area contributed by atoms with Crippen molar-refractivity contribution >= 4 is 11.8 Å². The van der Waals surface area contributed by atoms with Crippen molar-refractivity contribution in [3.8, 4) is 17.1 Å². The minimum absolute atomic E-state index is 0.299. The van der Waals surface area contributed by atoms with Gasteiger partial charge in [-0.25, -0.2) is 0 Å². The maximum atomic E-state index is 10.00. The Kier molecular flexibility index (Phi) is 4.16. The van der Waals surface area contributed by atoms with E-state index in [2.05, 4.69) is 5.16 Å². The first-order chi connectivity index (χ1) is 10.2. The summed E-state index contributed by atoms with van der Waals surface area (Å²) in [6, 6.07) is 8.93. The van der Waals surface area contributed by atoms with Gasteiger partial charge in [0, 0.05) is 11.8 Å². The predicted octanol–water partition coefficient (Wildman–Crippen LogP) is 0.876. The van der Waals surface area contributed by atoms with E-state index in [0.717, 1.165) is 0 Å². The fourth-order valence-electron chi connectivity index (χ4n) is 2.14. The maximum Gasteiger partial charge on any atom is 0.173 e. The number of benzene rings is 1. The van der Waals surface area contributed by atoms with Crippen LogP contribution in [-0.4, -0.2) is 50.0 Å². The van der Waals surface area contributed by atoms with Crippen LogP contribution in [0.2, 0.25) is 0 Å². The molecule has 1 aromatic heterocycles. The molecule has 0 unspecified atom stereocenters. The topological polar surface area (TPSA) is 96.0 Å². The van der Waals surface area contributed by atoms with Crippen molar-refractivity contribution in [2.45, 2.75) is 23.7 Å². The SMILES string of the molecule is O[C@@H]1[C@@H](O)[C@H](Oc2ccccc2-c2ccno2)SC[C@H]1O. The highest BCUT2D eigenvalue weighted by Crippen LogP contribution is 2.34. The second kappa shape index (κ2) is 6.07. The summed E-state index contributed by atoms with van der Waals surface area (Å²) in [6.45, 7) is 0. The quantitative estimate of drug-likeness (QED) is 0.774. The lowest BCUT2D eigenvalue weighted by Gasteiger charge is -2.34. The molecule has 21 heavy (non-hydrogen) atoms. The van der Waals surface area contributed by atoms with Gasteiger partial charge in [-0.2, -0.15) is 0 Å². The molecule has 2 heterocycles. The van der Waals surface area contributed by atoms with E-state index in [1.165, 1.54) is 18.0 Å². The molecule has 4 atom stereocenters. The van der Waals surface area contributed by atoms with Gasteiger partial charge in [0.15, 0.2) is 11.2 Å². The molecule has 3 rings (SSSR count). The smallest absolute Gasteiger partial charge is 0.173 e. The zero-order valence-corrected chi connectivity index (χ0v) is 11.8. The lowest BCUT2D eigenvalue weighted by atomic mass is 10.1. The third kappa shape index (κ3) is 2.91. The number of nitrogens with zero attached hydrogens (tertiary/aromatic N) is 1. The Hall–Kier alpha value is -1.54. The minimum atomic E-state index is -1.21. The van der Waals surface area contributed by atoms with E-state index < -0.39 is 23.7 Å². The number of ether oxygens (including phenoxy) is 1. The molecule has 6 nitrogen and oxygen atoms in total. The summed E-state index contributed by atoms with van der Waals surface area (Å²) >= 11 is 1.26. The molecule has 0 amide bonds. The van der Waals surface area contributed by atoms with Gasteiger partial charge in [0.2, 0.25) is 0 Å². The van der Waals surface area contributed by atoms with E-state index in [0.29, 0.717) is 22.8 Å². The zero-order chi connectivity index (χ0) is 14.8. The molecule has 1 aliphatic rings. The molecule has 0 aliphatic carbocycles. The molecule has 1 fully saturated rings. The minimum Gasteiger partial charge on any atom is -0.476 e. The Balaban J connectivity index is 1.83. The Morgan fingerprint density at radius 1 is 1.14 bits per heavy atom. The molecule has 1 saturated heterocycles. The highest BCUT2D eigenvalue weighted by molar-refractivity contribution is 7.99. The van der Waals surface area contributed by atoms with Crippen LogP contribution < -0.4 is 4.74 Å². The van der Waals surface area contributed by atoms with E-state index in [1.54, 1.807) is 18.2 Å². The number of hydrogen-bond donors (Lipinski definition) is 3. The molecular weight excluding hydrogens is 294 g/mol. The number of para-hydroxylation sites is 1. The third-order valence-electron chi connectivity index (χ3n) is 3.29. The molecule has 0 bridgehead atoms. The number of hydrogen-bond acceptors (Lipinski definition) is 7. The highest BCUT2D eigenvalue weighted by atomic mass is 32.2. The Bertz CT molecular complexity index is 591. The van der Waals surface area contributed by atoms with Gasteiger partial charge < -0.3 is 24.6 Å². The Labute approximate surface area is 125 Å². The molecule has 1 aliphatic heterocycles. The standard InChI is InChI=1S/C14H15NO5S/c16-9-7-21-14(13(18)12(9)17)19-10-4-2-1-3-8(10)11-5-6-15-20-11/h1-6,9,12-14,16-18H,7H2/t9-,12+,13-,14-/m1/s1. The van der Waals surface area contributed by atoms with E-state index in [4.69, 9.17) is 9.26 Å². The van der Waals surface area contributed by atoms with Crippen LogP contribution in [0.4, 0.5) is 0 Å². The lowest BCUT2D eigenvalue weighted by molar-refractivity contribution is -0.0785. The number of rotatable bonds is 3. The van der Waals surface area contributed by atoms with Crippen LogP contribution in [-0.2, 0) is 0 Å². The van der Waals surface area contributed by atoms with Gasteiger partial charge in [-0.3, -0.25) is 0 Å². The first-order valence-electron chi connectivity index (χ1n) is 6.49. The van der Waals surface area contributed by atoms with Crippen molar-refractivity contribution in [3.05, 3.63) is 36.5 Å². The first kappa shape index (κ1) is 14.4. The van der Waals surface area contributed by atoms with Crippen molar-refractivity contribution in [2.24, 2.45) is 0 Å². The van der Waals surface area contributed by atoms with Crippen LogP contribution in [0.15, 0.2) is 41.1 Å². The Morgan fingerprint density at radius 2 is 1.95 bits per heavy atom. The molecule has 3 N–H and O–H groups in total. The molecular formula is C14H15NO5S. The van der Waals surface area contributed by atoms with Gasteiger partial charge in [0.1, 0.15) is 18.0 Å². The van der Waals surface area contributed by atoms with Gasteiger partial charge in [-0.05, 0) is 12.1 Å². The largest absolute Gasteiger partial charge is 0.476 e. The normalized spacial score (nSPS) is 29.3. The summed E-state index contributed by atoms with van der Waals surface area (Å²) in [6.07, 6.45) is -1.79. The molecule has 0 saturated carbocycles. The third-order valence-corrected chi connectivity index (χ3v) is 4.53. The fourth-order valence-corrected chi connectivity index (χ4v) is 3.25. The molecule has 112 valence electrons. The van der Waals surface area contributed by atoms with Crippen LogP contribution >= 0.6 is 11.8 Å². The van der Waals surface area contributed by atoms with Gasteiger partial charge >= 0.3 is 0 Å². The van der Waals surface area contributed by atoms with Crippen molar-refractivity contribution in [1.29, 1.82) is 0 Å². The van der Waals surface area contributed by atoms with E-state index >= 15 is 0 Å². The van der Waals surface area contributed by atoms with Gasteiger partial charge in [-0.15, -0.1) is 11.8 Å². The average Bonchev–Trinajstić information content (AvgIpc) is 3.02. The summed E-state index contributed by atoms with van der Waals surface area (Å²) in [7, 11) is 0. The molecule has 2 aromatic rings.